The van der Waals surface area contributed by atoms with Gasteiger partial charge in [-0.1, -0.05) is 97.1 Å². The van der Waals surface area contributed by atoms with Crippen molar-refractivity contribution >= 4 is 11.7 Å². The molecule has 42 heavy (non-hydrogen) atoms. The van der Waals surface area contributed by atoms with Gasteiger partial charge < -0.3 is 25.2 Å². The fourth-order valence-electron chi connectivity index (χ4n) is 5.21. The van der Waals surface area contributed by atoms with Crippen molar-refractivity contribution in [3.05, 3.63) is 137 Å². The van der Waals surface area contributed by atoms with Crippen LogP contribution in [0.3, 0.4) is 0 Å². The molecule has 0 bridgehead atoms. The zero-order valence-corrected chi connectivity index (χ0v) is 24.1. The van der Waals surface area contributed by atoms with E-state index in [1.807, 2.05) is 84.9 Å². The molecule has 1 aliphatic heterocycles. The second-order valence-corrected chi connectivity index (χ2v) is 10.8. The van der Waals surface area contributed by atoms with Crippen LogP contribution in [0.5, 0.6) is 0 Å². The minimum absolute atomic E-state index is 0.00104. The van der Waals surface area contributed by atoms with Gasteiger partial charge in [0.05, 0.1) is 18.8 Å². The summed E-state index contributed by atoms with van der Waals surface area (Å²) in [4.78, 5) is 14.9. The van der Waals surface area contributed by atoms with Gasteiger partial charge in [0.25, 0.3) is 0 Å². The molecule has 4 aromatic rings. The molecule has 0 spiro atoms. The maximum absolute atomic E-state index is 12.6. The molecule has 4 unspecified atom stereocenters. The first-order valence-electron chi connectivity index (χ1n) is 14.4. The van der Waals surface area contributed by atoms with Crippen molar-refractivity contribution in [1.29, 1.82) is 0 Å². The first-order valence-corrected chi connectivity index (χ1v) is 14.4. The number of carbonyl (C=O) groups excluding carboxylic acids is 1. The van der Waals surface area contributed by atoms with Crippen molar-refractivity contribution in [2.75, 3.05) is 18.9 Å². The van der Waals surface area contributed by atoms with E-state index in [1.54, 1.807) is 0 Å². The highest BCUT2D eigenvalue weighted by Crippen LogP contribution is 2.39. The quantitative estimate of drug-likeness (QED) is 0.198. The number of likely N-dealkylation sites (N-methyl/N-ethyl adjacent to an activating group) is 1. The molecule has 0 aliphatic carbocycles. The SMILES string of the molecule is CC(c1ccccc1)N(C)CC1CC(c2ccc(CO)cc2)OC(c2cccc(NC(=O)NCc3ccccc3)c2)O1. The van der Waals surface area contributed by atoms with Crippen LogP contribution in [-0.4, -0.2) is 35.7 Å². The van der Waals surface area contributed by atoms with Gasteiger partial charge in [0, 0.05) is 36.8 Å². The van der Waals surface area contributed by atoms with E-state index in [9.17, 15) is 9.90 Å². The maximum atomic E-state index is 12.6. The van der Waals surface area contributed by atoms with Crippen LogP contribution in [0.25, 0.3) is 0 Å². The van der Waals surface area contributed by atoms with Crippen LogP contribution in [0.15, 0.2) is 109 Å². The molecule has 2 amide bonds. The van der Waals surface area contributed by atoms with Gasteiger partial charge in [0.2, 0.25) is 0 Å². The average molecular weight is 566 g/mol. The predicted molar refractivity (Wildman–Crippen MR) is 165 cm³/mol. The Hall–Kier alpha value is -4.01. The maximum Gasteiger partial charge on any atom is 0.319 e. The summed E-state index contributed by atoms with van der Waals surface area (Å²) in [5.74, 6) is 0. The number of benzene rings is 4. The normalized spacial score (nSPS) is 19.3. The number of hydrogen-bond acceptors (Lipinski definition) is 5. The molecule has 7 heteroatoms. The summed E-state index contributed by atoms with van der Waals surface area (Å²) in [5, 5.41) is 15.3. The van der Waals surface area contributed by atoms with Gasteiger partial charge in [-0.05, 0) is 48.4 Å². The highest BCUT2D eigenvalue weighted by Gasteiger charge is 2.33. The lowest BCUT2D eigenvalue weighted by molar-refractivity contribution is -0.253. The third kappa shape index (κ3) is 7.84. The van der Waals surface area contributed by atoms with Crippen LogP contribution in [0, 0.1) is 0 Å². The molecule has 1 saturated heterocycles. The third-order valence-electron chi connectivity index (χ3n) is 7.76. The van der Waals surface area contributed by atoms with Crippen molar-refractivity contribution in [3.8, 4) is 0 Å². The summed E-state index contributed by atoms with van der Waals surface area (Å²) in [6, 6.07) is 35.7. The fourth-order valence-corrected chi connectivity index (χ4v) is 5.21. The summed E-state index contributed by atoms with van der Waals surface area (Å²) >= 11 is 0. The number of aliphatic hydroxyl groups excluding tert-OH is 1. The molecule has 1 fully saturated rings. The van der Waals surface area contributed by atoms with Gasteiger partial charge in [-0.25, -0.2) is 4.79 Å². The summed E-state index contributed by atoms with van der Waals surface area (Å²) in [6.07, 6.45) is -0.192. The number of carbonyl (C=O) groups is 1. The van der Waals surface area contributed by atoms with E-state index < -0.39 is 6.29 Å². The minimum Gasteiger partial charge on any atom is -0.392 e. The molecule has 218 valence electrons. The van der Waals surface area contributed by atoms with Gasteiger partial charge in [0.15, 0.2) is 6.29 Å². The van der Waals surface area contributed by atoms with Crippen LogP contribution < -0.4 is 10.6 Å². The lowest BCUT2D eigenvalue weighted by Crippen LogP contribution is -2.38. The van der Waals surface area contributed by atoms with Gasteiger partial charge in [-0.15, -0.1) is 0 Å². The Morgan fingerprint density at radius 3 is 2.31 bits per heavy atom. The highest BCUT2D eigenvalue weighted by molar-refractivity contribution is 5.89. The van der Waals surface area contributed by atoms with Crippen LogP contribution in [0.4, 0.5) is 10.5 Å². The minimum atomic E-state index is -0.610. The molecule has 3 N–H and O–H groups in total. The van der Waals surface area contributed by atoms with Crippen molar-refractivity contribution in [1.82, 2.24) is 10.2 Å². The van der Waals surface area contributed by atoms with Crippen molar-refractivity contribution in [2.45, 2.75) is 51.0 Å². The van der Waals surface area contributed by atoms with Crippen LogP contribution >= 0.6 is 0 Å². The van der Waals surface area contributed by atoms with Crippen molar-refractivity contribution in [2.24, 2.45) is 0 Å². The Balaban J connectivity index is 1.30. The number of anilines is 1. The number of amides is 2. The molecule has 0 radical (unpaired) electrons. The third-order valence-corrected chi connectivity index (χ3v) is 7.76. The van der Waals surface area contributed by atoms with Crippen LogP contribution in [0.1, 0.15) is 59.6 Å². The molecular weight excluding hydrogens is 526 g/mol. The molecule has 5 rings (SSSR count). The number of urea groups is 1. The standard InChI is InChI=1S/C35H39N3O4/c1-25(28-12-7-4-8-13-28)38(2)23-32-21-33(29-18-16-27(24-39)17-19-29)42-34(41-32)30-14-9-15-31(20-30)37-35(40)36-22-26-10-5-3-6-11-26/h3-20,25,32-34,39H,21-24H2,1-2H3,(H2,36,37,40). The number of hydrogen-bond donors (Lipinski definition) is 3. The molecule has 4 atom stereocenters. The van der Waals surface area contributed by atoms with Crippen molar-refractivity contribution in [3.63, 3.8) is 0 Å². The number of aliphatic hydroxyl groups is 1. The number of nitrogens with one attached hydrogen (secondary N) is 2. The van der Waals surface area contributed by atoms with E-state index in [1.165, 1.54) is 5.56 Å². The summed E-state index contributed by atoms with van der Waals surface area (Å²) in [7, 11) is 2.12. The lowest BCUT2D eigenvalue weighted by atomic mass is 9.99. The number of rotatable bonds is 10. The molecule has 1 heterocycles. The molecule has 0 saturated carbocycles. The van der Waals surface area contributed by atoms with Gasteiger partial charge in [0.1, 0.15) is 0 Å². The van der Waals surface area contributed by atoms with Gasteiger partial charge in [-0.3, -0.25) is 4.90 Å². The smallest absolute Gasteiger partial charge is 0.319 e. The van der Waals surface area contributed by atoms with E-state index in [0.29, 0.717) is 18.7 Å². The van der Waals surface area contributed by atoms with Crippen LogP contribution in [0.2, 0.25) is 0 Å². The van der Waals surface area contributed by atoms with E-state index in [4.69, 9.17) is 9.47 Å². The van der Waals surface area contributed by atoms with E-state index in [0.717, 1.165) is 28.8 Å². The van der Waals surface area contributed by atoms with E-state index >= 15 is 0 Å². The summed E-state index contributed by atoms with van der Waals surface area (Å²) in [6.45, 7) is 3.37. The van der Waals surface area contributed by atoms with E-state index in [-0.39, 0.29) is 30.9 Å². The summed E-state index contributed by atoms with van der Waals surface area (Å²) < 4.78 is 13.1. The first kappa shape index (κ1) is 29.5. The molecule has 4 aromatic carbocycles. The van der Waals surface area contributed by atoms with Gasteiger partial charge in [-0.2, -0.15) is 0 Å². The number of ether oxygens (including phenoxy) is 2. The highest BCUT2D eigenvalue weighted by atomic mass is 16.7. The Kier molecular flexibility index (Phi) is 10.0. The molecule has 7 nitrogen and oxygen atoms in total. The topological polar surface area (TPSA) is 83.1 Å². The zero-order valence-electron chi connectivity index (χ0n) is 24.1. The number of nitrogens with zero attached hydrogens (tertiary/aromatic N) is 1. The van der Waals surface area contributed by atoms with Gasteiger partial charge >= 0.3 is 6.03 Å². The Labute approximate surface area is 248 Å². The Morgan fingerprint density at radius 2 is 1.60 bits per heavy atom. The second kappa shape index (κ2) is 14.2. The van der Waals surface area contributed by atoms with E-state index in [2.05, 4.69) is 53.8 Å². The zero-order chi connectivity index (χ0) is 29.3. The lowest BCUT2D eigenvalue weighted by Gasteiger charge is -2.39. The second-order valence-electron chi connectivity index (χ2n) is 10.8. The Bertz CT molecular complexity index is 1420. The van der Waals surface area contributed by atoms with Crippen LogP contribution in [-0.2, 0) is 22.6 Å². The fraction of sp³-hybridized carbons (Fsp3) is 0.286. The predicted octanol–water partition coefficient (Wildman–Crippen LogP) is 6.74. The average Bonchev–Trinajstić information content (AvgIpc) is 3.04. The van der Waals surface area contributed by atoms with Crippen molar-refractivity contribution < 1.29 is 19.4 Å². The monoisotopic (exact) mass is 565 g/mol. The Morgan fingerprint density at radius 1 is 0.881 bits per heavy atom. The largest absolute Gasteiger partial charge is 0.392 e. The first-order chi connectivity index (χ1) is 20.5. The molecular formula is C35H39N3O4. The molecule has 0 aromatic heterocycles. The summed E-state index contributed by atoms with van der Waals surface area (Å²) in [5.41, 5.74) is 5.67. The molecule has 1 aliphatic rings.